The van der Waals surface area contributed by atoms with Crippen molar-refractivity contribution in [3.8, 4) is 0 Å². The van der Waals surface area contributed by atoms with E-state index in [1.807, 2.05) is 16.8 Å². The third-order valence-electron chi connectivity index (χ3n) is 4.41. The highest BCUT2D eigenvalue weighted by atomic mass is 32.1. The van der Waals surface area contributed by atoms with E-state index in [-0.39, 0.29) is 24.3 Å². The highest BCUT2D eigenvalue weighted by molar-refractivity contribution is 7.07. The van der Waals surface area contributed by atoms with Gasteiger partial charge in [-0.25, -0.2) is 4.79 Å². The van der Waals surface area contributed by atoms with E-state index in [4.69, 9.17) is 0 Å². The van der Waals surface area contributed by atoms with Gasteiger partial charge in [-0.1, -0.05) is 0 Å². The molecule has 1 aliphatic heterocycles. The molecule has 0 radical (unpaired) electrons. The molecule has 1 N–H and O–H groups in total. The lowest BCUT2D eigenvalue weighted by molar-refractivity contribution is -0.138. The molecule has 118 valence electrons. The van der Waals surface area contributed by atoms with Crippen LogP contribution in [0.1, 0.15) is 25.3 Å². The van der Waals surface area contributed by atoms with Crippen LogP contribution in [0.3, 0.4) is 0 Å². The molecule has 0 spiro atoms. The Labute approximate surface area is 133 Å². The fourth-order valence-corrected chi connectivity index (χ4v) is 3.46. The molecule has 0 unspecified atom stereocenters. The van der Waals surface area contributed by atoms with Crippen molar-refractivity contribution in [3.63, 3.8) is 0 Å². The van der Waals surface area contributed by atoms with E-state index in [0.717, 1.165) is 23.3 Å². The van der Waals surface area contributed by atoms with Crippen LogP contribution in [-0.4, -0.2) is 46.8 Å². The van der Waals surface area contributed by atoms with Crippen LogP contribution in [-0.2, 0) is 16.1 Å². The van der Waals surface area contributed by atoms with Crippen LogP contribution in [0.4, 0.5) is 4.79 Å². The quantitative estimate of drug-likeness (QED) is 0.834. The predicted octanol–water partition coefficient (Wildman–Crippen LogP) is 1.43. The number of hydrogen-bond acceptors (Lipinski definition) is 4. The van der Waals surface area contributed by atoms with Gasteiger partial charge in [0, 0.05) is 13.6 Å². The maximum Gasteiger partial charge on any atom is 0.325 e. The summed E-state index contributed by atoms with van der Waals surface area (Å²) >= 11 is 1.57. The van der Waals surface area contributed by atoms with Gasteiger partial charge < -0.3 is 10.2 Å². The summed E-state index contributed by atoms with van der Waals surface area (Å²) in [4.78, 5) is 39.4. The number of carbonyl (C=O) groups is 3. The minimum absolute atomic E-state index is 0.201. The summed E-state index contributed by atoms with van der Waals surface area (Å²) in [6.07, 6.45) is 1.89. The van der Waals surface area contributed by atoms with Crippen molar-refractivity contribution in [2.24, 2.45) is 5.92 Å². The molecule has 1 atom stereocenters. The average Bonchev–Trinajstić information content (AvgIpc) is 3.18. The largest absolute Gasteiger partial charge is 0.340 e. The molecule has 0 bridgehead atoms. The Morgan fingerprint density at radius 1 is 1.50 bits per heavy atom. The lowest BCUT2D eigenvalue weighted by Gasteiger charge is -2.22. The maximum absolute atomic E-state index is 12.5. The fourth-order valence-electron chi connectivity index (χ4n) is 2.80. The number of thiophene rings is 1. The lowest BCUT2D eigenvalue weighted by Crippen LogP contribution is -2.47. The first-order valence-electron chi connectivity index (χ1n) is 7.31. The van der Waals surface area contributed by atoms with Gasteiger partial charge >= 0.3 is 6.03 Å². The number of hydrogen-bond donors (Lipinski definition) is 1. The van der Waals surface area contributed by atoms with Gasteiger partial charge in [0.25, 0.3) is 5.91 Å². The molecule has 2 aliphatic rings. The van der Waals surface area contributed by atoms with Gasteiger partial charge in [-0.3, -0.25) is 14.5 Å². The van der Waals surface area contributed by atoms with E-state index >= 15 is 0 Å². The van der Waals surface area contributed by atoms with Gasteiger partial charge in [0.05, 0.1) is 0 Å². The molecular formula is C15H19N3O3S. The first kappa shape index (κ1) is 15.0. The summed E-state index contributed by atoms with van der Waals surface area (Å²) in [6.45, 7) is 2.03. The number of likely N-dealkylation sites (N-methyl/N-ethyl adjacent to an activating group) is 1. The van der Waals surface area contributed by atoms with Crippen LogP contribution in [0.25, 0.3) is 0 Å². The standard InChI is InChI=1S/C15H19N3O3S/c1-15(11-3-4-11)13(20)18(14(21)16-15)8-12(19)17(2)7-10-5-6-22-9-10/h5-6,9,11H,3-4,7-8H2,1-2H3,(H,16,21)/t15-/m1/s1. The third-order valence-corrected chi connectivity index (χ3v) is 5.15. The molecule has 7 heteroatoms. The molecule has 0 aromatic carbocycles. The number of rotatable bonds is 5. The van der Waals surface area contributed by atoms with Gasteiger partial charge in [-0.15, -0.1) is 0 Å². The predicted molar refractivity (Wildman–Crippen MR) is 82.2 cm³/mol. The van der Waals surface area contributed by atoms with Gasteiger partial charge in [0.1, 0.15) is 12.1 Å². The summed E-state index contributed by atoms with van der Waals surface area (Å²) in [5, 5.41) is 6.67. The average molecular weight is 321 g/mol. The van der Waals surface area contributed by atoms with Crippen LogP contribution in [0.15, 0.2) is 16.8 Å². The number of imide groups is 1. The second-order valence-corrected chi connectivity index (χ2v) is 6.96. The zero-order chi connectivity index (χ0) is 15.9. The Morgan fingerprint density at radius 2 is 2.23 bits per heavy atom. The van der Waals surface area contributed by atoms with Crippen LogP contribution in [0.5, 0.6) is 0 Å². The summed E-state index contributed by atoms with van der Waals surface area (Å²) in [6, 6.07) is 1.49. The number of carbonyl (C=O) groups excluding carboxylic acids is 3. The Morgan fingerprint density at radius 3 is 2.82 bits per heavy atom. The van der Waals surface area contributed by atoms with Crippen molar-refractivity contribution in [1.82, 2.24) is 15.1 Å². The number of nitrogens with zero attached hydrogens (tertiary/aromatic N) is 2. The summed E-state index contributed by atoms with van der Waals surface area (Å²) in [7, 11) is 1.68. The molecule has 1 saturated heterocycles. The van der Waals surface area contributed by atoms with Gasteiger partial charge in [0.2, 0.25) is 5.91 Å². The Bertz CT molecular complexity index is 612. The van der Waals surface area contributed by atoms with Crippen LogP contribution in [0, 0.1) is 5.92 Å². The van der Waals surface area contributed by atoms with E-state index in [1.165, 1.54) is 4.90 Å². The second kappa shape index (κ2) is 5.39. The van der Waals surface area contributed by atoms with Crippen molar-refractivity contribution in [2.45, 2.75) is 31.8 Å². The highest BCUT2D eigenvalue weighted by Gasteiger charge is 2.56. The van der Waals surface area contributed by atoms with Crippen LogP contribution < -0.4 is 5.32 Å². The van der Waals surface area contributed by atoms with Crippen LogP contribution >= 0.6 is 11.3 Å². The van der Waals surface area contributed by atoms with E-state index in [2.05, 4.69) is 5.32 Å². The smallest absolute Gasteiger partial charge is 0.325 e. The highest BCUT2D eigenvalue weighted by Crippen LogP contribution is 2.42. The molecule has 2 heterocycles. The second-order valence-electron chi connectivity index (χ2n) is 6.18. The zero-order valence-corrected chi connectivity index (χ0v) is 13.5. The van der Waals surface area contributed by atoms with Crippen molar-refractivity contribution in [1.29, 1.82) is 0 Å². The minimum atomic E-state index is -0.830. The van der Waals surface area contributed by atoms with Crippen molar-refractivity contribution in [3.05, 3.63) is 22.4 Å². The van der Waals surface area contributed by atoms with E-state index in [0.29, 0.717) is 6.54 Å². The summed E-state index contributed by atoms with van der Waals surface area (Å²) in [5.41, 5.74) is 0.212. The molecule has 1 saturated carbocycles. The van der Waals surface area contributed by atoms with Gasteiger partial charge in [0.15, 0.2) is 0 Å². The van der Waals surface area contributed by atoms with Gasteiger partial charge in [-0.2, -0.15) is 11.3 Å². The topological polar surface area (TPSA) is 69.7 Å². The third kappa shape index (κ3) is 2.61. The molecule has 22 heavy (non-hydrogen) atoms. The minimum Gasteiger partial charge on any atom is -0.340 e. The SMILES string of the molecule is CN(Cc1ccsc1)C(=O)CN1C(=O)N[C@](C)(C2CC2)C1=O. The molecule has 1 aromatic rings. The normalized spacial score (nSPS) is 24.5. The first-order chi connectivity index (χ1) is 10.4. The van der Waals surface area contributed by atoms with Crippen molar-refractivity contribution in [2.75, 3.05) is 13.6 Å². The Kier molecular flexibility index (Phi) is 3.68. The Hall–Kier alpha value is -1.89. The molecule has 3 rings (SSSR count). The van der Waals surface area contributed by atoms with Crippen LogP contribution in [0.2, 0.25) is 0 Å². The molecule has 4 amide bonds. The van der Waals surface area contributed by atoms with E-state index in [1.54, 1.807) is 25.3 Å². The first-order valence-corrected chi connectivity index (χ1v) is 8.25. The zero-order valence-electron chi connectivity index (χ0n) is 12.7. The monoisotopic (exact) mass is 321 g/mol. The number of nitrogens with one attached hydrogen (secondary N) is 1. The Balaban J connectivity index is 1.63. The maximum atomic E-state index is 12.5. The molecule has 2 fully saturated rings. The van der Waals surface area contributed by atoms with Crippen molar-refractivity contribution < 1.29 is 14.4 Å². The fraction of sp³-hybridized carbons (Fsp3) is 0.533. The molecule has 1 aromatic heterocycles. The van der Waals surface area contributed by atoms with E-state index < -0.39 is 11.6 Å². The van der Waals surface area contributed by atoms with E-state index in [9.17, 15) is 14.4 Å². The molecular weight excluding hydrogens is 302 g/mol. The summed E-state index contributed by atoms with van der Waals surface area (Å²) in [5.74, 6) is -0.320. The number of urea groups is 1. The summed E-state index contributed by atoms with van der Waals surface area (Å²) < 4.78 is 0. The van der Waals surface area contributed by atoms with Gasteiger partial charge in [-0.05, 0) is 48.1 Å². The van der Waals surface area contributed by atoms with Crippen molar-refractivity contribution >= 4 is 29.2 Å². The molecule has 1 aliphatic carbocycles. The number of amides is 4. The lowest BCUT2D eigenvalue weighted by atomic mass is 9.96. The molecule has 6 nitrogen and oxygen atoms in total.